The molecule has 0 bridgehead atoms. The topological polar surface area (TPSA) is 136 Å². The summed E-state index contributed by atoms with van der Waals surface area (Å²) in [4.78, 5) is 27.0. The minimum Gasteiger partial charge on any atom is -0.394 e. The van der Waals surface area contributed by atoms with Crippen LogP contribution in [-0.2, 0) is 4.74 Å². The van der Waals surface area contributed by atoms with Gasteiger partial charge in [-0.05, 0) is 22.6 Å². The molecule has 0 aliphatic carbocycles. The van der Waals surface area contributed by atoms with Crippen LogP contribution in [0.4, 0.5) is 0 Å². The van der Waals surface area contributed by atoms with Crippen molar-refractivity contribution in [2.45, 2.75) is 24.4 Å². The van der Waals surface area contributed by atoms with E-state index >= 15 is 0 Å². The van der Waals surface area contributed by atoms with Gasteiger partial charge in [0.15, 0.2) is 0 Å². The van der Waals surface area contributed by atoms with Crippen LogP contribution in [-0.4, -0.2) is 50.2 Å². The first kappa shape index (κ1) is 13.7. The lowest BCUT2D eigenvalue weighted by Gasteiger charge is -2.15. The number of rotatable bonds is 2. The molecule has 4 atom stereocenters. The second-order valence-corrected chi connectivity index (χ2v) is 4.97. The zero-order chi connectivity index (χ0) is 13.4. The highest BCUT2D eigenvalue weighted by Gasteiger charge is 2.44. The van der Waals surface area contributed by atoms with Gasteiger partial charge in [0.25, 0.3) is 5.56 Å². The molecule has 1 aromatic rings. The monoisotopic (exact) mass is 370 g/mol. The maximum atomic E-state index is 11.4. The summed E-state index contributed by atoms with van der Waals surface area (Å²) < 4.78 is 5.39. The molecule has 2 rings (SSSR count). The molecule has 0 saturated carbocycles. The number of halogens is 1. The Hall–Kier alpha value is -0.750. The molecule has 1 aromatic heterocycles. The van der Waals surface area contributed by atoms with Gasteiger partial charge in [0, 0.05) is 0 Å². The lowest BCUT2D eigenvalue weighted by Crippen LogP contribution is -2.34. The Labute approximate surface area is 114 Å². The van der Waals surface area contributed by atoms with Gasteiger partial charge in [0.05, 0.1) is 12.3 Å². The molecule has 1 saturated heterocycles. The van der Waals surface area contributed by atoms with Crippen LogP contribution in [0, 0.1) is 3.57 Å². The number of aromatic amines is 2. The average molecular weight is 370 g/mol. The lowest BCUT2D eigenvalue weighted by molar-refractivity contribution is -0.0243. The molecule has 18 heavy (non-hydrogen) atoms. The van der Waals surface area contributed by atoms with Gasteiger partial charge in [0.1, 0.15) is 28.0 Å². The molecule has 1 aliphatic heterocycles. The Morgan fingerprint density at radius 3 is 2.44 bits per heavy atom. The second-order valence-electron chi connectivity index (χ2n) is 3.89. The van der Waals surface area contributed by atoms with E-state index in [0.29, 0.717) is 0 Å². The van der Waals surface area contributed by atoms with Crippen LogP contribution in [0.5, 0.6) is 0 Å². The standard InChI is InChI=1S/C9H11IN2O6/c10-3-4(11-9(17)12-8(3)16)7-6(15)5(14)2(1-13)18-7/h2,5-7,13-15H,1H2,(H2,11,12,16,17)/t2-,5-,6+,7+/m1/s1. The van der Waals surface area contributed by atoms with Gasteiger partial charge in [-0.3, -0.25) is 9.78 Å². The molecule has 0 radical (unpaired) electrons. The van der Waals surface area contributed by atoms with Crippen LogP contribution in [0.3, 0.4) is 0 Å². The van der Waals surface area contributed by atoms with Crippen molar-refractivity contribution < 1.29 is 20.1 Å². The van der Waals surface area contributed by atoms with Crippen molar-refractivity contribution in [1.82, 2.24) is 9.97 Å². The van der Waals surface area contributed by atoms with Crippen molar-refractivity contribution in [2.75, 3.05) is 6.61 Å². The van der Waals surface area contributed by atoms with Gasteiger partial charge < -0.3 is 25.0 Å². The van der Waals surface area contributed by atoms with E-state index in [1.54, 1.807) is 22.6 Å². The number of aromatic nitrogens is 2. The molecular formula is C9H11IN2O6. The predicted octanol–water partition coefficient (Wildman–Crippen LogP) is -2.18. The molecule has 5 N–H and O–H groups in total. The van der Waals surface area contributed by atoms with E-state index in [-0.39, 0.29) is 9.26 Å². The van der Waals surface area contributed by atoms with E-state index in [9.17, 15) is 19.8 Å². The normalized spacial score (nSPS) is 31.8. The Morgan fingerprint density at radius 2 is 1.89 bits per heavy atom. The van der Waals surface area contributed by atoms with Crippen LogP contribution in [0.2, 0.25) is 0 Å². The number of aliphatic hydroxyl groups excluding tert-OH is 3. The number of ether oxygens (including phenoxy) is 1. The molecule has 1 fully saturated rings. The number of aliphatic hydroxyl groups is 3. The SMILES string of the molecule is O=c1[nH]c([C@@H]2O[C@H](CO)[C@@H](O)[C@@H]2O)c(I)c(=O)[nH]1. The maximum Gasteiger partial charge on any atom is 0.326 e. The summed E-state index contributed by atoms with van der Waals surface area (Å²) in [6, 6.07) is 0. The largest absolute Gasteiger partial charge is 0.394 e. The van der Waals surface area contributed by atoms with Crippen LogP contribution in [0.25, 0.3) is 0 Å². The van der Waals surface area contributed by atoms with Gasteiger partial charge in [-0.15, -0.1) is 0 Å². The first-order valence-corrected chi connectivity index (χ1v) is 6.18. The van der Waals surface area contributed by atoms with E-state index < -0.39 is 42.3 Å². The molecule has 2 heterocycles. The first-order chi connectivity index (χ1) is 8.45. The fourth-order valence-electron chi connectivity index (χ4n) is 1.82. The number of H-pyrrole nitrogens is 2. The summed E-state index contributed by atoms with van der Waals surface area (Å²) in [6.45, 7) is -0.473. The Kier molecular flexibility index (Phi) is 3.87. The molecule has 8 nitrogen and oxygen atoms in total. The highest BCUT2D eigenvalue weighted by molar-refractivity contribution is 14.1. The van der Waals surface area contributed by atoms with Crippen molar-refractivity contribution in [3.63, 3.8) is 0 Å². The smallest absolute Gasteiger partial charge is 0.326 e. The fraction of sp³-hybridized carbons (Fsp3) is 0.556. The summed E-state index contributed by atoms with van der Waals surface area (Å²) in [5, 5.41) is 28.4. The van der Waals surface area contributed by atoms with E-state index in [1.807, 2.05) is 4.98 Å². The number of hydrogen-bond donors (Lipinski definition) is 5. The van der Waals surface area contributed by atoms with Crippen LogP contribution < -0.4 is 11.2 Å². The highest BCUT2D eigenvalue weighted by Crippen LogP contribution is 2.33. The van der Waals surface area contributed by atoms with Gasteiger partial charge >= 0.3 is 5.69 Å². The Balaban J connectivity index is 2.45. The predicted molar refractivity (Wildman–Crippen MR) is 67.1 cm³/mol. The molecule has 9 heteroatoms. The number of hydrogen-bond acceptors (Lipinski definition) is 6. The third-order valence-electron chi connectivity index (χ3n) is 2.74. The van der Waals surface area contributed by atoms with Crippen molar-refractivity contribution in [1.29, 1.82) is 0 Å². The van der Waals surface area contributed by atoms with Crippen molar-refractivity contribution in [2.24, 2.45) is 0 Å². The highest BCUT2D eigenvalue weighted by atomic mass is 127. The zero-order valence-corrected chi connectivity index (χ0v) is 11.1. The molecule has 0 amide bonds. The van der Waals surface area contributed by atoms with Crippen LogP contribution in [0.15, 0.2) is 9.59 Å². The summed E-state index contributed by atoms with van der Waals surface area (Å²) in [5.41, 5.74) is -1.24. The van der Waals surface area contributed by atoms with Crippen LogP contribution >= 0.6 is 22.6 Å². The Bertz CT molecular complexity index is 555. The summed E-state index contributed by atoms with van der Waals surface area (Å²) in [5.74, 6) is 0. The van der Waals surface area contributed by atoms with E-state index in [1.165, 1.54) is 0 Å². The molecule has 0 unspecified atom stereocenters. The summed E-state index contributed by atoms with van der Waals surface area (Å²) >= 11 is 1.70. The fourth-order valence-corrected chi connectivity index (χ4v) is 2.40. The maximum absolute atomic E-state index is 11.4. The summed E-state index contributed by atoms with van der Waals surface area (Å²) in [7, 11) is 0. The third kappa shape index (κ3) is 2.23. The molecular weight excluding hydrogens is 359 g/mol. The van der Waals surface area contributed by atoms with E-state index in [0.717, 1.165) is 0 Å². The molecule has 0 spiro atoms. The minimum atomic E-state index is -1.33. The Morgan fingerprint density at radius 1 is 1.22 bits per heavy atom. The van der Waals surface area contributed by atoms with Gasteiger partial charge in [-0.25, -0.2) is 4.79 Å². The van der Waals surface area contributed by atoms with Crippen LogP contribution in [0.1, 0.15) is 11.8 Å². The quantitative estimate of drug-likeness (QED) is 0.376. The zero-order valence-electron chi connectivity index (χ0n) is 8.96. The molecule has 0 aromatic carbocycles. The van der Waals surface area contributed by atoms with E-state index in [2.05, 4.69) is 4.98 Å². The first-order valence-electron chi connectivity index (χ1n) is 5.10. The molecule has 1 aliphatic rings. The van der Waals surface area contributed by atoms with Gasteiger partial charge in [-0.1, -0.05) is 0 Å². The van der Waals surface area contributed by atoms with Gasteiger partial charge in [0.2, 0.25) is 0 Å². The third-order valence-corrected chi connectivity index (χ3v) is 3.81. The van der Waals surface area contributed by atoms with Gasteiger partial charge in [-0.2, -0.15) is 0 Å². The minimum absolute atomic E-state index is 0.0897. The van der Waals surface area contributed by atoms with Crippen molar-refractivity contribution in [3.8, 4) is 0 Å². The average Bonchev–Trinajstić information content (AvgIpc) is 2.61. The number of nitrogens with one attached hydrogen (secondary N) is 2. The summed E-state index contributed by atoms with van der Waals surface area (Å²) in [6.07, 6.45) is -4.62. The van der Waals surface area contributed by atoms with E-state index in [4.69, 9.17) is 9.84 Å². The van der Waals surface area contributed by atoms with Crippen molar-refractivity contribution in [3.05, 3.63) is 30.1 Å². The second kappa shape index (κ2) is 5.09. The molecule has 100 valence electrons. The van der Waals surface area contributed by atoms with Crippen molar-refractivity contribution >= 4 is 22.6 Å². The lowest BCUT2D eigenvalue weighted by atomic mass is 10.1.